The van der Waals surface area contributed by atoms with Gasteiger partial charge in [0.2, 0.25) is 5.89 Å². The normalized spacial score (nSPS) is 10.7. The summed E-state index contributed by atoms with van der Waals surface area (Å²) in [4.78, 5) is 17.0. The van der Waals surface area contributed by atoms with E-state index >= 15 is 0 Å². The van der Waals surface area contributed by atoms with Crippen molar-refractivity contribution in [2.45, 2.75) is 27.3 Å². The van der Waals surface area contributed by atoms with Gasteiger partial charge in [0, 0.05) is 5.56 Å². The van der Waals surface area contributed by atoms with Gasteiger partial charge in [-0.3, -0.25) is 4.79 Å². The number of methoxy groups -OCH3 is 1. The largest absolute Gasteiger partial charge is 0.493 e. The van der Waals surface area contributed by atoms with Crippen molar-refractivity contribution in [3.63, 3.8) is 0 Å². The highest BCUT2D eigenvalue weighted by molar-refractivity contribution is 5.96. The van der Waals surface area contributed by atoms with E-state index in [1.165, 1.54) is 6.26 Å². The molecule has 0 aliphatic rings. The first-order valence-electron chi connectivity index (χ1n) is 10.3. The molecule has 0 unspecified atom stereocenters. The fourth-order valence-corrected chi connectivity index (χ4v) is 2.90. The van der Waals surface area contributed by atoms with Gasteiger partial charge in [-0.2, -0.15) is 0 Å². The van der Waals surface area contributed by atoms with Crippen LogP contribution in [-0.4, -0.2) is 31.2 Å². The number of nitrogens with zero attached hydrogens (tertiary/aromatic N) is 1. The fourth-order valence-electron chi connectivity index (χ4n) is 2.90. The standard InChI is InChI=1S/C24H28N2O5/c1-5-29-20-9-7-6-8-19(20)23(27)25-13-18-15-31-24(26-18)17-10-11-21(28-4)22(12-17)30-14-16(2)3/h6-12,15-16H,5,13-14H2,1-4H3,(H,25,27). The molecule has 0 saturated heterocycles. The van der Waals surface area contributed by atoms with Crippen molar-refractivity contribution in [1.29, 1.82) is 0 Å². The molecule has 164 valence electrons. The Hall–Kier alpha value is -3.48. The number of hydrogen-bond donors (Lipinski definition) is 1. The van der Waals surface area contributed by atoms with Crippen LogP contribution in [0.2, 0.25) is 0 Å². The van der Waals surface area contributed by atoms with Gasteiger partial charge < -0.3 is 23.9 Å². The van der Waals surface area contributed by atoms with E-state index < -0.39 is 0 Å². The second-order valence-electron chi connectivity index (χ2n) is 7.33. The molecular weight excluding hydrogens is 396 g/mol. The quantitative estimate of drug-likeness (QED) is 0.507. The summed E-state index contributed by atoms with van der Waals surface area (Å²) < 4.78 is 22.4. The highest BCUT2D eigenvalue weighted by atomic mass is 16.5. The average Bonchev–Trinajstić information content (AvgIpc) is 3.25. The Morgan fingerprint density at radius 1 is 1.10 bits per heavy atom. The number of carbonyl (C=O) groups is 1. The van der Waals surface area contributed by atoms with Crippen LogP contribution in [0.15, 0.2) is 53.1 Å². The third kappa shape index (κ3) is 5.78. The lowest BCUT2D eigenvalue weighted by molar-refractivity contribution is 0.0946. The molecule has 0 aliphatic carbocycles. The van der Waals surface area contributed by atoms with Crippen LogP contribution in [0.5, 0.6) is 17.2 Å². The van der Waals surface area contributed by atoms with E-state index in [-0.39, 0.29) is 12.5 Å². The molecule has 1 aromatic heterocycles. The molecule has 0 atom stereocenters. The van der Waals surface area contributed by atoms with Crippen LogP contribution < -0.4 is 19.5 Å². The maximum absolute atomic E-state index is 12.6. The predicted octanol–water partition coefficient (Wildman–Crippen LogP) is 4.71. The Morgan fingerprint density at radius 2 is 1.90 bits per heavy atom. The lowest BCUT2D eigenvalue weighted by atomic mass is 10.2. The van der Waals surface area contributed by atoms with Crippen molar-refractivity contribution in [2.75, 3.05) is 20.3 Å². The number of nitrogens with one attached hydrogen (secondary N) is 1. The minimum absolute atomic E-state index is 0.232. The molecule has 0 spiro atoms. The molecule has 0 bridgehead atoms. The van der Waals surface area contributed by atoms with Crippen LogP contribution in [0.3, 0.4) is 0 Å². The van der Waals surface area contributed by atoms with Crippen LogP contribution in [0.25, 0.3) is 11.5 Å². The van der Waals surface area contributed by atoms with Crippen molar-refractivity contribution >= 4 is 5.91 Å². The zero-order valence-electron chi connectivity index (χ0n) is 18.3. The van der Waals surface area contributed by atoms with E-state index in [2.05, 4.69) is 24.1 Å². The molecule has 7 nitrogen and oxygen atoms in total. The SMILES string of the molecule is CCOc1ccccc1C(=O)NCc1coc(-c2ccc(OC)c(OCC(C)C)c2)n1. The van der Waals surface area contributed by atoms with Crippen LogP contribution in [0, 0.1) is 5.92 Å². The monoisotopic (exact) mass is 424 g/mol. The maximum atomic E-state index is 12.6. The van der Waals surface area contributed by atoms with Crippen molar-refractivity contribution in [3.8, 4) is 28.7 Å². The van der Waals surface area contributed by atoms with Crippen molar-refractivity contribution in [2.24, 2.45) is 5.92 Å². The summed E-state index contributed by atoms with van der Waals surface area (Å²) in [6, 6.07) is 12.6. The molecule has 2 aromatic carbocycles. The molecule has 0 saturated carbocycles. The summed E-state index contributed by atoms with van der Waals surface area (Å²) in [5, 5.41) is 2.86. The summed E-state index contributed by atoms with van der Waals surface area (Å²) in [5.74, 6) is 2.43. The van der Waals surface area contributed by atoms with Crippen LogP contribution in [0.4, 0.5) is 0 Å². The van der Waals surface area contributed by atoms with E-state index in [4.69, 9.17) is 18.6 Å². The third-order valence-electron chi connectivity index (χ3n) is 4.40. The molecule has 3 rings (SSSR count). The highest BCUT2D eigenvalue weighted by Crippen LogP contribution is 2.32. The Morgan fingerprint density at radius 3 is 2.65 bits per heavy atom. The fraction of sp³-hybridized carbons (Fsp3) is 0.333. The molecule has 0 fully saturated rings. The van der Waals surface area contributed by atoms with Gasteiger partial charge in [0.05, 0.1) is 38.1 Å². The minimum atomic E-state index is -0.234. The molecule has 1 amide bonds. The predicted molar refractivity (Wildman–Crippen MR) is 118 cm³/mol. The lowest BCUT2D eigenvalue weighted by Crippen LogP contribution is -2.23. The Labute approximate surface area is 182 Å². The average molecular weight is 424 g/mol. The van der Waals surface area contributed by atoms with Gasteiger partial charge in [-0.05, 0) is 43.2 Å². The second-order valence-corrected chi connectivity index (χ2v) is 7.33. The van der Waals surface area contributed by atoms with E-state index in [0.29, 0.717) is 53.5 Å². The summed E-state index contributed by atoms with van der Waals surface area (Å²) >= 11 is 0. The Bertz CT molecular complexity index is 1010. The van der Waals surface area contributed by atoms with Gasteiger partial charge in [-0.25, -0.2) is 4.98 Å². The van der Waals surface area contributed by atoms with Gasteiger partial charge in [-0.15, -0.1) is 0 Å². The summed E-state index contributed by atoms with van der Waals surface area (Å²) in [6.07, 6.45) is 1.53. The number of oxazole rings is 1. The van der Waals surface area contributed by atoms with Gasteiger partial charge in [0.1, 0.15) is 12.0 Å². The van der Waals surface area contributed by atoms with Crippen LogP contribution >= 0.6 is 0 Å². The van der Waals surface area contributed by atoms with Gasteiger partial charge in [0.25, 0.3) is 5.91 Å². The topological polar surface area (TPSA) is 82.8 Å². The van der Waals surface area contributed by atoms with E-state index in [1.807, 2.05) is 31.2 Å². The molecule has 0 aliphatic heterocycles. The van der Waals surface area contributed by atoms with Crippen molar-refractivity contribution in [3.05, 3.63) is 60.0 Å². The molecule has 7 heteroatoms. The van der Waals surface area contributed by atoms with Gasteiger partial charge in [-0.1, -0.05) is 26.0 Å². The highest BCUT2D eigenvalue weighted by Gasteiger charge is 2.15. The number of aromatic nitrogens is 1. The molecule has 1 N–H and O–H groups in total. The van der Waals surface area contributed by atoms with Crippen LogP contribution in [0.1, 0.15) is 36.8 Å². The van der Waals surface area contributed by atoms with Crippen molar-refractivity contribution < 1.29 is 23.4 Å². The summed E-state index contributed by atoms with van der Waals surface area (Å²) in [6.45, 7) is 7.34. The maximum Gasteiger partial charge on any atom is 0.255 e. The Balaban J connectivity index is 1.69. The van der Waals surface area contributed by atoms with Crippen molar-refractivity contribution in [1.82, 2.24) is 10.3 Å². The number of hydrogen-bond acceptors (Lipinski definition) is 6. The van der Waals surface area contributed by atoms with Gasteiger partial charge in [0.15, 0.2) is 11.5 Å². The van der Waals surface area contributed by atoms with Crippen LogP contribution in [-0.2, 0) is 6.54 Å². The number of rotatable bonds is 10. The number of para-hydroxylation sites is 1. The minimum Gasteiger partial charge on any atom is -0.493 e. The molecule has 3 aromatic rings. The second kappa shape index (κ2) is 10.5. The Kier molecular flexibility index (Phi) is 7.54. The zero-order valence-corrected chi connectivity index (χ0v) is 18.3. The summed E-state index contributed by atoms with van der Waals surface area (Å²) in [7, 11) is 1.60. The molecule has 0 radical (unpaired) electrons. The molecule has 31 heavy (non-hydrogen) atoms. The van der Waals surface area contributed by atoms with E-state index in [0.717, 1.165) is 5.56 Å². The number of ether oxygens (including phenoxy) is 3. The first-order valence-corrected chi connectivity index (χ1v) is 10.3. The first kappa shape index (κ1) is 22.2. The molecular formula is C24H28N2O5. The van der Waals surface area contributed by atoms with E-state index in [1.54, 1.807) is 25.3 Å². The third-order valence-corrected chi connectivity index (χ3v) is 4.40. The number of carbonyl (C=O) groups excluding carboxylic acids is 1. The summed E-state index contributed by atoms with van der Waals surface area (Å²) in [5.41, 5.74) is 1.85. The smallest absolute Gasteiger partial charge is 0.255 e. The van der Waals surface area contributed by atoms with Gasteiger partial charge >= 0.3 is 0 Å². The zero-order chi connectivity index (χ0) is 22.2. The lowest BCUT2D eigenvalue weighted by Gasteiger charge is -2.13. The van der Waals surface area contributed by atoms with E-state index in [9.17, 15) is 4.79 Å². The number of benzene rings is 2. The number of amides is 1. The molecule has 1 heterocycles. The first-order chi connectivity index (χ1) is 15.0.